The van der Waals surface area contributed by atoms with Gasteiger partial charge in [-0.2, -0.15) is 0 Å². The highest BCUT2D eigenvalue weighted by atomic mass is 16.5. The highest BCUT2D eigenvalue weighted by Crippen LogP contribution is 2.36. The number of benzene rings is 1. The predicted octanol–water partition coefficient (Wildman–Crippen LogP) is 10.6. The first-order valence-electron chi connectivity index (χ1n) is 16.9. The molecule has 0 aliphatic heterocycles. The van der Waals surface area contributed by atoms with E-state index in [4.69, 9.17) is 4.74 Å². The van der Waals surface area contributed by atoms with Crippen molar-refractivity contribution in [3.8, 4) is 0 Å². The van der Waals surface area contributed by atoms with Crippen LogP contribution in [0.4, 0.5) is 0 Å². The van der Waals surface area contributed by atoms with E-state index in [1.807, 2.05) is 0 Å². The molecule has 3 nitrogen and oxygen atoms in total. The first-order valence-corrected chi connectivity index (χ1v) is 16.9. The van der Waals surface area contributed by atoms with Gasteiger partial charge in [0.25, 0.3) is 0 Å². The Morgan fingerprint density at radius 3 is 1.43 bits per heavy atom. The Balaban J connectivity index is 2.23. The molecule has 0 saturated carbocycles. The van der Waals surface area contributed by atoms with Crippen LogP contribution in [0.15, 0.2) is 12.1 Å². The summed E-state index contributed by atoms with van der Waals surface area (Å²) < 4.78 is 5.57. The van der Waals surface area contributed by atoms with Gasteiger partial charge in [-0.05, 0) is 52.3 Å². The molecule has 1 N–H and O–H groups in total. The molecule has 0 aliphatic carbocycles. The van der Waals surface area contributed by atoms with E-state index >= 15 is 0 Å². The van der Waals surface area contributed by atoms with Crippen LogP contribution in [0.1, 0.15) is 180 Å². The number of carbonyl (C=O) groups excluding carboxylic acids is 1. The number of ether oxygens (including phenoxy) is 1. The molecule has 1 rings (SSSR count). The predicted molar refractivity (Wildman–Crippen MR) is 173 cm³/mol. The van der Waals surface area contributed by atoms with Gasteiger partial charge in [0.1, 0.15) is 0 Å². The topological polar surface area (TPSA) is 46.5 Å². The van der Waals surface area contributed by atoms with Crippen LogP contribution in [0, 0.1) is 0 Å². The van der Waals surface area contributed by atoms with Crippen LogP contribution in [-0.2, 0) is 33.2 Å². The van der Waals surface area contributed by atoms with Gasteiger partial charge in [-0.25, -0.2) is 0 Å². The van der Waals surface area contributed by atoms with Crippen molar-refractivity contribution < 1.29 is 14.6 Å². The van der Waals surface area contributed by atoms with E-state index in [9.17, 15) is 9.90 Å². The zero-order chi connectivity index (χ0) is 29.9. The largest absolute Gasteiger partial charge is 0.466 e. The molecular formula is C37H66O3. The maximum absolute atomic E-state index is 12.5. The molecule has 232 valence electrons. The van der Waals surface area contributed by atoms with E-state index in [-0.39, 0.29) is 23.4 Å². The van der Waals surface area contributed by atoms with Crippen LogP contribution < -0.4 is 0 Å². The molecule has 0 radical (unpaired) electrons. The average molecular weight is 559 g/mol. The van der Waals surface area contributed by atoms with Crippen molar-refractivity contribution in [1.29, 1.82) is 0 Å². The minimum atomic E-state index is -0.0880. The molecule has 1 aromatic carbocycles. The third-order valence-electron chi connectivity index (χ3n) is 8.17. The van der Waals surface area contributed by atoms with E-state index < -0.39 is 0 Å². The maximum Gasteiger partial charge on any atom is 0.306 e. The normalized spacial score (nSPS) is 12.2. The van der Waals surface area contributed by atoms with Gasteiger partial charge >= 0.3 is 5.97 Å². The maximum atomic E-state index is 12.5. The standard InChI is InChI=1S/C37H66O3/c1-8-9-10-11-12-13-14-15-16-17-18-19-20-21-22-23-28-40-35(39)25-24-31-29-33(36(2,3)4)32(26-27-38)34(30-31)37(5,6)7/h29-30,38H,8-28H2,1-7H3. The van der Waals surface area contributed by atoms with Crippen molar-refractivity contribution in [1.82, 2.24) is 0 Å². The van der Waals surface area contributed by atoms with E-state index in [1.165, 1.54) is 112 Å². The van der Waals surface area contributed by atoms with Gasteiger partial charge in [0.05, 0.1) is 6.61 Å². The van der Waals surface area contributed by atoms with E-state index in [1.54, 1.807) is 0 Å². The number of esters is 1. The lowest BCUT2D eigenvalue weighted by Gasteiger charge is -2.31. The highest BCUT2D eigenvalue weighted by Gasteiger charge is 2.26. The summed E-state index contributed by atoms with van der Waals surface area (Å²) in [6.07, 6.45) is 23.3. The minimum Gasteiger partial charge on any atom is -0.466 e. The van der Waals surface area contributed by atoms with Gasteiger partial charge in [0, 0.05) is 13.0 Å². The van der Waals surface area contributed by atoms with Crippen molar-refractivity contribution in [3.05, 3.63) is 34.4 Å². The Morgan fingerprint density at radius 2 is 1.05 bits per heavy atom. The summed E-state index contributed by atoms with van der Waals surface area (Å²) in [6, 6.07) is 4.51. The number of aliphatic hydroxyl groups is 1. The summed E-state index contributed by atoms with van der Waals surface area (Å²) in [7, 11) is 0. The SMILES string of the molecule is CCCCCCCCCCCCCCCCCCOC(=O)CCc1cc(C(C)(C)C)c(CCO)c(C(C)(C)C)c1. The number of carbonyl (C=O) groups is 1. The summed E-state index contributed by atoms with van der Waals surface area (Å²) >= 11 is 0. The second-order valence-corrected chi connectivity index (χ2v) is 14.2. The molecule has 0 aromatic heterocycles. The van der Waals surface area contributed by atoms with Crippen molar-refractivity contribution in [3.63, 3.8) is 0 Å². The second kappa shape index (κ2) is 20.5. The Labute approximate surface area is 249 Å². The quantitative estimate of drug-likeness (QED) is 0.114. The number of rotatable bonds is 22. The van der Waals surface area contributed by atoms with Gasteiger partial charge in [0.2, 0.25) is 0 Å². The van der Waals surface area contributed by atoms with E-state index in [2.05, 4.69) is 60.6 Å². The molecule has 40 heavy (non-hydrogen) atoms. The van der Waals surface area contributed by atoms with E-state index in [0.29, 0.717) is 25.9 Å². The van der Waals surface area contributed by atoms with Crippen LogP contribution in [0.5, 0.6) is 0 Å². The number of aliphatic hydroxyl groups excluding tert-OH is 1. The third kappa shape index (κ3) is 16.2. The van der Waals surface area contributed by atoms with Crippen LogP contribution in [0.3, 0.4) is 0 Å². The molecule has 0 amide bonds. The highest BCUT2D eigenvalue weighted by molar-refractivity contribution is 5.69. The van der Waals surface area contributed by atoms with Crippen molar-refractivity contribution >= 4 is 5.97 Å². The lowest BCUT2D eigenvalue weighted by atomic mass is 9.74. The van der Waals surface area contributed by atoms with Crippen LogP contribution in [0.2, 0.25) is 0 Å². The smallest absolute Gasteiger partial charge is 0.306 e. The van der Waals surface area contributed by atoms with Gasteiger partial charge in [-0.1, -0.05) is 157 Å². The minimum absolute atomic E-state index is 0.0196. The zero-order valence-corrected chi connectivity index (χ0v) is 27.8. The van der Waals surface area contributed by atoms with Crippen LogP contribution in [-0.4, -0.2) is 24.3 Å². The third-order valence-corrected chi connectivity index (χ3v) is 8.17. The van der Waals surface area contributed by atoms with E-state index in [0.717, 1.165) is 12.8 Å². The van der Waals surface area contributed by atoms with Gasteiger partial charge < -0.3 is 9.84 Å². The molecule has 0 atom stereocenters. The summed E-state index contributed by atoms with van der Waals surface area (Å²) in [5.41, 5.74) is 4.98. The van der Waals surface area contributed by atoms with Crippen molar-refractivity contribution in [2.24, 2.45) is 0 Å². The Kier molecular flexibility index (Phi) is 18.8. The average Bonchev–Trinajstić information content (AvgIpc) is 2.88. The van der Waals surface area contributed by atoms with Gasteiger partial charge in [-0.3, -0.25) is 4.79 Å². The lowest BCUT2D eigenvalue weighted by Crippen LogP contribution is -2.22. The molecule has 0 fully saturated rings. The molecular weight excluding hydrogens is 492 g/mol. The molecule has 1 aromatic rings. The fourth-order valence-electron chi connectivity index (χ4n) is 5.75. The number of hydrogen-bond acceptors (Lipinski definition) is 3. The lowest BCUT2D eigenvalue weighted by molar-refractivity contribution is -0.143. The fourth-order valence-corrected chi connectivity index (χ4v) is 5.75. The molecule has 0 aliphatic rings. The van der Waals surface area contributed by atoms with Gasteiger partial charge in [-0.15, -0.1) is 0 Å². The Hall–Kier alpha value is -1.35. The summed E-state index contributed by atoms with van der Waals surface area (Å²) in [4.78, 5) is 12.5. The van der Waals surface area contributed by atoms with Crippen LogP contribution in [0.25, 0.3) is 0 Å². The number of aryl methyl sites for hydroxylation is 1. The molecule has 0 heterocycles. The Bertz CT molecular complexity index is 762. The number of unbranched alkanes of at least 4 members (excludes halogenated alkanes) is 15. The summed E-state index contributed by atoms with van der Waals surface area (Å²) in [5.74, 6) is -0.0880. The zero-order valence-electron chi connectivity index (χ0n) is 27.8. The molecule has 0 unspecified atom stereocenters. The second-order valence-electron chi connectivity index (χ2n) is 14.2. The van der Waals surface area contributed by atoms with Crippen molar-refractivity contribution in [2.45, 2.75) is 181 Å². The summed E-state index contributed by atoms with van der Waals surface area (Å²) in [6.45, 7) is 16.4. The van der Waals surface area contributed by atoms with Crippen molar-refractivity contribution in [2.75, 3.05) is 13.2 Å². The molecule has 0 spiro atoms. The monoisotopic (exact) mass is 559 g/mol. The fraction of sp³-hybridized carbons (Fsp3) is 0.811. The van der Waals surface area contributed by atoms with Gasteiger partial charge in [0.15, 0.2) is 0 Å². The molecule has 0 bridgehead atoms. The first kappa shape index (κ1) is 36.7. The van der Waals surface area contributed by atoms with Crippen LogP contribution >= 0.6 is 0 Å². The Morgan fingerprint density at radius 1 is 0.650 bits per heavy atom. The molecule has 0 saturated heterocycles. The molecule has 3 heteroatoms. The summed E-state index contributed by atoms with van der Waals surface area (Å²) in [5, 5.41) is 9.73. The number of hydrogen-bond donors (Lipinski definition) is 1. The first-order chi connectivity index (χ1) is 19.0.